The summed E-state index contributed by atoms with van der Waals surface area (Å²) in [6.07, 6.45) is 0. The lowest BCUT2D eigenvalue weighted by atomic mass is 10.1. The molecular formula is C12H17NO3. The lowest BCUT2D eigenvalue weighted by molar-refractivity contribution is -0.156. The summed E-state index contributed by atoms with van der Waals surface area (Å²) in [6, 6.07) is 5.50. The molecule has 1 unspecified atom stereocenters. The molecule has 4 nitrogen and oxygen atoms in total. The lowest BCUT2D eigenvalue weighted by Crippen LogP contribution is -2.31. The van der Waals surface area contributed by atoms with Gasteiger partial charge in [0.25, 0.3) is 0 Å². The minimum Gasteiger partial charge on any atom is -0.508 e. The molecule has 0 aliphatic rings. The summed E-state index contributed by atoms with van der Waals surface area (Å²) in [6.45, 7) is 5.30. The van der Waals surface area contributed by atoms with Crippen LogP contribution < -0.4 is 5.73 Å². The molecule has 1 aromatic rings. The van der Waals surface area contributed by atoms with E-state index in [2.05, 4.69) is 0 Å². The molecule has 1 aromatic carbocycles. The van der Waals surface area contributed by atoms with Gasteiger partial charge in [0.2, 0.25) is 0 Å². The second kappa shape index (κ2) is 4.53. The zero-order chi connectivity index (χ0) is 12.3. The van der Waals surface area contributed by atoms with Gasteiger partial charge in [-0.3, -0.25) is 0 Å². The maximum Gasteiger partial charge on any atom is 0.328 e. The van der Waals surface area contributed by atoms with Crippen LogP contribution in [-0.2, 0) is 9.53 Å². The van der Waals surface area contributed by atoms with Gasteiger partial charge in [-0.15, -0.1) is 0 Å². The molecule has 0 saturated carbocycles. The molecular weight excluding hydrogens is 206 g/mol. The Labute approximate surface area is 95.0 Å². The molecule has 0 aliphatic heterocycles. The maximum absolute atomic E-state index is 11.7. The predicted octanol–water partition coefficient (Wildman–Crippen LogP) is 1.73. The summed E-state index contributed by atoms with van der Waals surface area (Å²) < 4.78 is 5.13. The highest BCUT2D eigenvalue weighted by atomic mass is 16.6. The number of phenols is 1. The van der Waals surface area contributed by atoms with Crippen LogP contribution >= 0.6 is 0 Å². The van der Waals surface area contributed by atoms with E-state index < -0.39 is 17.6 Å². The second-order valence-corrected chi connectivity index (χ2v) is 4.57. The first-order valence-corrected chi connectivity index (χ1v) is 5.07. The number of esters is 1. The Morgan fingerprint density at radius 2 is 1.94 bits per heavy atom. The molecule has 0 bridgehead atoms. The normalized spacial score (nSPS) is 13.2. The quantitative estimate of drug-likeness (QED) is 0.749. The van der Waals surface area contributed by atoms with Crippen molar-refractivity contribution in [3.8, 4) is 5.75 Å². The molecule has 3 N–H and O–H groups in total. The minimum absolute atomic E-state index is 0.000796. The summed E-state index contributed by atoms with van der Waals surface area (Å²) in [5, 5.41) is 9.54. The van der Waals surface area contributed by atoms with Gasteiger partial charge in [0, 0.05) is 5.56 Å². The summed E-state index contributed by atoms with van der Waals surface area (Å²) in [5.74, 6) is -0.546. The topological polar surface area (TPSA) is 72.5 Å². The zero-order valence-corrected chi connectivity index (χ0v) is 9.73. The van der Waals surface area contributed by atoms with Crippen molar-refractivity contribution in [3.63, 3.8) is 0 Å². The highest BCUT2D eigenvalue weighted by molar-refractivity contribution is 5.78. The van der Waals surface area contributed by atoms with Crippen LogP contribution in [0.25, 0.3) is 0 Å². The van der Waals surface area contributed by atoms with E-state index in [0.717, 1.165) is 0 Å². The van der Waals surface area contributed by atoms with E-state index in [9.17, 15) is 9.90 Å². The van der Waals surface area contributed by atoms with Crippen LogP contribution in [0, 0.1) is 0 Å². The molecule has 1 atom stereocenters. The SMILES string of the molecule is CC(C)(C)OC(=O)C(N)c1ccccc1O. The van der Waals surface area contributed by atoms with Crippen LogP contribution in [0.1, 0.15) is 32.4 Å². The van der Waals surface area contributed by atoms with Crippen LogP contribution in [0.2, 0.25) is 0 Å². The van der Waals surface area contributed by atoms with Crippen molar-refractivity contribution in [1.82, 2.24) is 0 Å². The van der Waals surface area contributed by atoms with Crippen molar-refractivity contribution < 1.29 is 14.6 Å². The van der Waals surface area contributed by atoms with Gasteiger partial charge in [0.15, 0.2) is 0 Å². The van der Waals surface area contributed by atoms with Crippen molar-refractivity contribution in [2.45, 2.75) is 32.4 Å². The third-order valence-electron chi connectivity index (χ3n) is 1.93. The van der Waals surface area contributed by atoms with Crippen molar-refractivity contribution in [3.05, 3.63) is 29.8 Å². The van der Waals surface area contributed by atoms with Crippen LogP contribution in [0.4, 0.5) is 0 Å². The van der Waals surface area contributed by atoms with E-state index in [-0.39, 0.29) is 5.75 Å². The Hall–Kier alpha value is -1.55. The van der Waals surface area contributed by atoms with Gasteiger partial charge in [0.1, 0.15) is 17.4 Å². The Balaban J connectivity index is 2.83. The van der Waals surface area contributed by atoms with Gasteiger partial charge < -0.3 is 15.6 Å². The summed E-state index contributed by atoms with van der Waals surface area (Å²) in [7, 11) is 0. The molecule has 0 saturated heterocycles. The number of aromatic hydroxyl groups is 1. The number of para-hydroxylation sites is 1. The molecule has 88 valence electrons. The maximum atomic E-state index is 11.7. The fraction of sp³-hybridized carbons (Fsp3) is 0.417. The molecule has 4 heteroatoms. The molecule has 0 radical (unpaired) electrons. The first-order chi connectivity index (χ1) is 7.31. The minimum atomic E-state index is -0.958. The number of rotatable bonds is 2. The van der Waals surface area contributed by atoms with Gasteiger partial charge in [-0.2, -0.15) is 0 Å². The Kier molecular flexibility index (Phi) is 3.55. The van der Waals surface area contributed by atoms with Gasteiger partial charge in [-0.25, -0.2) is 4.79 Å². The molecule has 16 heavy (non-hydrogen) atoms. The smallest absolute Gasteiger partial charge is 0.328 e. The van der Waals surface area contributed by atoms with Crippen LogP contribution in [0.3, 0.4) is 0 Å². The summed E-state index contributed by atoms with van der Waals surface area (Å²) in [5.41, 5.74) is 5.50. The third-order valence-corrected chi connectivity index (χ3v) is 1.93. The molecule has 0 heterocycles. The monoisotopic (exact) mass is 223 g/mol. The first kappa shape index (κ1) is 12.5. The number of ether oxygens (including phenoxy) is 1. The fourth-order valence-electron chi connectivity index (χ4n) is 1.24. The number of carbonyl (C=O) groups is 1. The number of carbonyl (C=O) groups excluding carboxylic acids is 1. The van der Waals surface area contributed by atoms with E-state index in [1.807, 2.05) is 0 Å². The number of benzene rings is 1. The highest BCUT2D eigenvalue weighted by Crippen LogP contribution is 2.24. The van der Waals surface area contributed by atoms with Crippen LogP contribution in [-0.4, -0.2) is 16.7 Å². The fourth-order valence-corrected chi connectivity index (χ4v) is 1.24. The summed E-state index contributed by atoms with van der Waals surface area (Å²) in [4.78, 5) is 11.7. The van der Waals surface area contributed by atoms with Crippen molar-refractivity contribution in [1.29, 1.82) is 0 Å². The van der Waals surface area contributed by atoms with Crippen molar-refractivity contribution >= 4 is 5.97 Å². The predicted molar refractivity (Wildman–Crippen MR) is 60.9 cm³/mol. The van der Waals surface area contributed by atoms with E-state index in [0.29, 0.717) is 5.56 Å². The molecule has 1 rings (SSSR count). The average molecular weight is 223 g/mol. The molecule has 0 amide bonds. The number of hydrogen-bond donors (Lipinski definition) is 2. The van der Waals surface area contributed by atoms with Gasteiger partial charge in [-0.1, -0.05) is 18.2 Å². The van der Waals surface area contributed by atoms with Crippen molar-refractivity contribution in [2.75, 3.05) is 0 Å². The van der Waals surface area contributed by atoms with E-state index in [1.54, 1.807) is 39.0 Å². The number of hydrogen-bond acceptors (Lipinski definition) is 4. The number of nitrogens with two attached hydrogens (primary N) is 1. The van der Waals surface area contributed by atoms with E-state index >= 15 is 0 Å². The lowest BCUT2D eigenvalue weighted by Gasteiger charge is -2.22. The van der Waals surface area contributed by atoms with Crippen molar-refractivity contribution in [2.24, 2.45) is 5.73 Å². The zero-order valence-electron chi connectivity index (χ0n) is 9.73. The standard InChI is InChI=1S/C12H17NO3/c1-12(2,3)16-11(15)10(13)8-6-4-5-7-9(8)14/h4-7,10,14H,13H2,1-3H3. The Morgan fingerprint density at radius 1 is 1.38 bits per heavy atom. The van der Waals surface area contributed by atoms with Gasteiger partial charge in [-0.05, 0) is 26.8 Å². The van der Waals surface area contributed by atoms with Gasteiger partial charge in [0.05, 0.1) is 0 Å². The molecule has 0 aliphatic carbocycles. The van der Waals surface area contributed by atoms with Crippen LogP contribution in [0.15, 0.2) is 24.3 Å². The molecule has 0 fully saturated rings. The van der Waals surface area contributed by atoms with Gasteiger partial charge >= 0.3 is 5.97 Å². The summed E-state index contributed by atoms with van der Waals surface area (Å²) >= 11 is 0. The largest absolute Gasteiger partial charge is 0.508 e. The average Bonchev–Trinajstić information content (AvgIpc) is 2.15. The third kappa shape index (κ3) is 3.24. The second-order valence-electron chi connectivity index (χ2n) is 4.57. The Bertz CT molecular complexity index is 382. The van der Waals surface area contributed by atoms with E-state index in [1.165, 1.54) is 6.07 Å². The highest BCUT2D eigenvalue weighted by Gasteiger charge is 2.24. The molecule has 0 aromatic heterocycles. The number of phenolic OH excluding ortho intramolecular Hbond substituents is 1. The van der Waals surface area contributed by atoms with E-state index in [4.69, 9.17) is 10.5 Å². The first-order valence-electron chi connectivity index (χ1n) is 5.07. The van der Waals surface area contributed by atoms with Crippen LogP contribution in [0.5, 0.6) is 5.75 Å². The Morgan fingerprint density at radius 3 is 2.44 bits per heavy atom. The molecule has 0 spiro atoms.